The Balaban J connectivity index is 3.32. The van der Waals surface area contributed by atoms with Gasteiger partial charge < -0.3 is 11.1 Å². The Morgan fingerprint density at radius 2 is 1.93 bits per heavy atom. The predicted octanol–water partition coefficient (Wildman–Crippen LogP) is 1.59. The number of amides is 1. The van der Waals surface area contributed by atoms with Gasteiger partial charge in [0.1, 0.15) is 0 Å². The number of rotatable bonds is 7. The molecule has 14 heavy (non-hydrogen) atoms. The van der Waals surface area contributed by atoms with Crippen molar-refractivity contribution in [2.75, 3.05) is 13.1 Å². The van der Waals surface area contributed by atoms with E-state index in [0.717, 1.165) is 44.3 Å². The molecule has 0 fully saturated rings. The lowest BCUT2D eigenvalue weighted by Gasteiger charge is -2.04. The Labute approximate surface area is 86.8 Å². The van der Waals surface area contributed by atoms with E-state index >= 15 is 0 Å². The van der Waals surface area contributed by atoms with Gasteiger partial charge in [0.15, 0.2) is 0 Å². The van der Waals surface area contributed by atoms with Crippen molar-refractivity contribution in [2.24, 2.45) is 5.73 Å². The first-order valence-corrected chi connectivity index (χ1v) is 5.33. The maximum atomic E-state index is 11.3. The fourth-order valence-corrected chi connectivity index (χ4v) is 1.10. The molecule has 82 valence electrons. The summed E-state index contributed by atoms with van der Waals surface area (Å²) in [4.78, 5) is 11.3. The number of hydrogen-bond donors (Lipinski definition) is 2. The summed E-state index contributed by atoms with van der Waals surface area (Å²) >= 11 is 0. The van der Waals surface area contributed by atoms with Crippen LogP contribution >= 0.6 is 0 Å². The molecule has 0 aliphatic rings. The molecule has 0 saturated heterocycles. The fourth-order valence-electron chi connectivity index (χ4n) is 1.10. The van der Waals surface area contributed by atoms with E-state index in [1.54, 1.807) is 0 Å². The van der Waals surface area contributed by atoms with Gasteiger partial charge in [0.05, 0.1) is 0 Å². The molecule has 3 N–H and O–H groups in total. The molecule has 0 atom stereocenters. The van der Waals surface area contributed by atoms with Crippen molar-refractivity contribution in [3.8, 4) is 0 Å². The molecule has 0 rings (SSSR count). The van der Waals surface area contributed by atoms with E-state index in [4.69, 9.17) is 5.73 Å². The van der Waals surface area contributed by atoms with Crippen LogP contribution in [0.3, 0.4) is 0 Å². The molecule has 0 bridgehead atoms. The molecular formula is C11H22N2O. The first-order valence-electron chi connectivity index (χ1n) is 5.33. The summed E-state index contributed by atoms with van der Waals surface area (Å²) in [7, 11) is 0. The Bertz CT molecular complexity index is 188. The highest BCUT2D eigenvalue weighted by Gasteiger charge is 2.00. The molecule has 3 heteroatoms. The Morgan fingerprint density at radius 3 is 2.50 bits per heavy atom. The van der Waals surface area contributed by atoms with Crippen LogP contribution in [0, 0.1) is 0 Å². The zero-order valence-electron chi connectivity index (χ0n) is 9.31. The monoisotopic (exact) mass is 198 g/mol. The van der Waals surface area contributed by atoms with Crippen LogP contribution in [-0.4, -0.2) is 19.0 Å². The third-order valence-corrected chi connectivity index (χ3v) is 2.21. The normalized spacial score (nSPS) is 11.5. The van der Waals surface area contributed by atoms with Crippen LogP contribution in [0.15, 0.2) is 11.6 Å². The molecule has 3 nitrogen and oxygen atoms in total. The average molecular weight is 198 g/mol. The van der Waals surface area contributed by atoms with Gasteiger partial charge in [0.2, 0.25) is 5.91 Å². The van der Waals surface area contributed by atoms with E-state index in [0.29, 0.717) is 0 Å². The van der Waals surface area contributed by atoms with Crippen LogP contribution in [0.2, 0.25) is 0 Å². The lowest BCUT2D eigenvalue weighted by atomic mass is 10.2. The van der Waals surface area contributed by atoms with Gasteiger partial charge in [-0.2, -0.15) is 0 Å². The molecule has 1 amide bonds. The first-order chi connectivity index (χ1) is 6.72. The Morgan fingerprint density at radius 1 is 1.29 bits per heavy atom. The third kappa shape index (κ3) is 6.66. The van der Waals surface area contributed by atoms with Crippen molar-refractivity contribution in [3.05, 3.63) is 11.6 Å². The molecule has 0 radical (unpaired) electrons. The predicted molar refractivity (Wildman–Crippen MR) is 60.0 cm³/mol. The summed E-state index contributed by atoms with van der Waals surface area (Å²) in [5.74, 6) is 0.0475. The van der Waals surface area contributed by atoms with Crippen LogP contribution in [-0.2, 0) is 4.79 Å². The molecule has 0 aliphatic carbocycles. The van der Waals surface area contributed by atoms with Crippen LogP contribution in [0.1, 0.15) is 39.5 Å². The molecular weight excluding hydrogens is 176 g/mol. The average Bonchev–Trinajstić information content (AvgIpc) is 2.21. The lowest BCUT2D eigenvalue weighted by Crippen LogP contribution is -2.24. The van der Waals surface area contributed by atoms with Crippen molar-refractivity contribution in [1.29, 1.82) is 0 Å². The summed E-state index contributed by atoms with van der Waals surface area (Å²) in [5, 5.41) is 2.87. The lowest BCUT2D eigenvalue weighted by molar-refractivity contribution is -0.117. The smallest absolute Gasteiger partial charge is 0.246 e. The van der Waals surface area contributed by atoms with Gasteiger partial charge in [0.25, 0.3) is 0 Å². The second-order valence-corrected chi connectivity index (χ2v) is 3.43. The molecule has 0 heterocycles. The van der Waals surface area contributed by atoms with Crippen molar-refractivity contribution in [2.45, 2.75) is 39.5 Å². The summed E-state index contributed by atoms with van der Waals surface area (Å²) in [5.41, 5.74) is 6.16. The van der Waals surface area contributed by atoms with Crippen LogP contribution in [0.5, 0.6) is 0 Å². The van der Waals surface area contributed by atoms with Crippen LogP contribution in [0.25, 0.3) is 0 Å². The number of unbranched alkanes of at least 4 members (excludes halogenated alkanes) is 3. The molecule has 0 spiro atoms. The van der Waals surface area contributed by atoms with Crippen molar-refractivity contribution in [1.82, 2.24) is 5.32 Å². The highest BCUT2D eigenvalue weighted by atomic mass is 16.1. The minimum Gasteiger partial charge on any atom is -0.352 e. The van der Waals surface area contributed by atoms with E-state index in [2.05, 4.69) is 5.32 Å². The third-order valence-electron chi connectivity index (χ3n) is 2.21. The quantitative estimate of drug-likeness (QED) is 0.482. The summed E-state index contributed by atoms with van der Waals surface area (Å²) < 4.78 is 0. The van der Waals surface area contributed by atoms with Gasteiger partial charge in [-0.25, -0.2) is 0 Å². The van der Waals surface area contributed by atoms with Crippen molar-refractivity contribution >= 4 is 5.91 Å². The number of hydrogen-bond acceptors (Lipinski definition) is 2. The highest BCUT2D eigenvalue weighted by Crippen LogP contribution is 1.97. The van der Waals surface area contributed by atoms with E-state index < -0.39 is 0 Å². The van der Waals surface area contributed by atoms with E-state index in [9.17, 15) is 4.79 Å². The highest BCUT2D eigenvalue weighted by molar-refractivity contribution is 5.92. The maximum Gasteiger partial charge on any atom is 0.246 e. The standard InChI is InChI=1S/C11H22N2O/c1-3-10(2)11(14)13-9-7-5-4-6-8-12/h3H,4-9,12H2,1-2H3,(H,13,14). The van der Waals surface area contributed by atoms with Gasteiger partial charge in [-0.05, 0) is 33.2 Å². The Hall–Kier alpha value is -0.830. The zero-order valence-corrected chi connectivity index (χ0v) is 9.31. The largest absolute Gasteiger partial charge is 0.352 e. The van der Waals surface area contributed by atoms with Crippen molar-refractivity contribution in [3.63, 3.8) is 0 Å². The summed E-state index contributed by atoms with van der Waals surface area (Å²) in [6, 6.07) is 0. The number of nitrogens with two attached hydrogens (primary N) is 1. The molecule has 0 aromatic carbocycles. The zero-order chi connectivity index (χ0) is 10.8. The molecule has 0 aliphatic heterocycles. The Kier molecular flexibility index (Phi) is 8.24. The summed E-state index contributed by atoms with van der Waals surface area (Å²) in [6.45, 7) is 5.23. The van der Waals surface area contributed by atoms with E-state index in [1.807, 2.05) is 19.9 Å². The fraction of sp³-hybridized carbons (Fsp3) is 0.727. The number of carbonyl (C=O) groups excluding carboxylic acids is 1. The number of nitrogens with one attached hydrogen (secondary N) is 1. The van der Waals surface area contributed by atoms with Gasteiger partial charge in [-0.3, -0.25) is 4.79 Å². The maximum absolute atomic E-state index is 11.3. The van der Waals surface area contributed by atoms with Crippen LogP contribution < -0.4 is 11.1 Å². The van der Waals surface area contributed by atoms with Gasteiger partial charge >= 0.3 is 0 Å². The minimum atomic E-state index is 0.0475. The molecule has 0 aromatic rings. The number of allylic oxidation sites excluding steroid dienone is 1. The number of carbonyl (C=O) groups is 1. The van der Waals surface area contributed by atoms with Gasteiger partial charge in [0, 0.05) is 12.1 Å². The first kappa shape index (κ1) is 13.2. The van der Waals surface area contributed by atoms with Crippen molar-refractivity contribution < 1.29 is 4.79 Å². The van der Waals surface area contributed by atoms with Crippen LogP contribution in [0.4, 0.5) is 0 Å². The molecule has 0 aromatic heterocycles. The van der Waals surface area contributed by atoms with Gasteiger partial charge in [-0.1, -0.05) is 18.9 Å². The second kappa shape index (κ2) is 8.75. The molecule has 0 unspecified atom stereocenters. The van der Waals surface area contributed by atoms with E-state index in [-0.39, 0.29) is 5.91 Å². The topological polar surface area (TPSA) is 55.1 Å². The van der Waals surface area contributed by atoms with E-state index in [1.165, 1.54) is 0 Å². The molecule has 0 saturated carbocycles. The second-order valence-electron chi connectivity index (χ2n) is 3.43. The SMILES string of the molecule is CC=C(C)C(=O)NCCCCCCN. The minimum absolute atomic E-state index is 0.0475. The van der Waals surface area contributed by atoms with Gasteiger partial charge in [-0.15, -0.1) is 0 Å². The summed E-state index contributed by atoms with van der Waals surface area (Å²) in [6.07, 6.45) is 6.26.